The zero-order chi connectivity index (χ0) is 27.9. The summed E-state index contributed by atoms with van der Waals surface area (Å²) in [7, 11) is 0. The summed E-state index contributed by atoms with van der Waals surface area (Å²) in [4.78, 5) is 9.98. The van der Waals surface area contributed by atoms with Crippen molar-refractivity contribution in [2.24, 2.45) is 0 Å². The van der Waals surface area contributed by atoms with Crippen LogP contribution in [0, 0.1) is 0 Å². The van der Waals surface area contributed by atoms with Crippen LogP contribution in [0.15, 0.2) is 158 Å². The second kappa shape index (κ2) is 10.1. The number of hydrogen-bond donors (Lipinski definition) is 0. The van der Waals surface area contributed by atoms with Gasteiger partial charge in [0.1, 0.15) is 0 Å². The molecule has 0 N–H and O–H groups in total. The van der Waals surface area contributed by atoms with Crippen molar-refractivity contribution in [3.8, 4) is 0 Å². The lowest BCUT2D eigenvalue weighted by Gasteiger charge is -2.01. The molecular formula is C40H26N2. The third kappa shape index (κ3) is 4.49. The van der Waals surface area contributed by atoms with Crippen molar-refractivity contribution in [3.05, 3.63) is 158 Å². The zero-order valence-electron chi connectivity index (χ0n) is 22.9. The van der Waals surface area contributed by atoms with Crippen LogP contribution in [-0.2, 0) is 0 Å². The first-order valence-corrected chi connectivity index (χ1v) is 14.2. The molecule has 0 atom stereocenters. The monoisotopic (exact) mass is 534 g/mol. The van der Waals surface area contributed by atoms with Gasteiger partial charge in [0.15, 0.2) is 0 Å². The Balaban J connectivity index is 1.41. The molecule has 0 spiro atoms. The molecule has 0 aliphatic heterocycles. The Hall–Kier alpha value is -5.60. The first-order chi connectivity index (χ1) is 20.8. The minimum Gasteiger partial charge on any atom is -0.246 e. The number of benzene rings is 5. The number of pyridine rings is 2. The van der Waals surface area contributed by atoms with Crippen LogP contribution in [0.4, 0.5) is 0 Å². The predicted molar refractivity (Wildman–Crippen MR) is 180 cm³/mol. The summed E-state index contributed by atoms with van der Waals surface area (Å²) < 4.78 is 0. The summed E-state index contributed by atoms with van der Waals surface area (Å²) in [6, 6.07) is 56.0. The van der Waals surface area contributed by atoms with Crippen molar-refractivity contribution < 1.29 is 0 Å². The van der Waals surface area contributed by atoms with E-state index in [4.69, 9.17) is 9.97 Å². The Morgan fingerprint density at radius 3 is 0.619 bits per heavy atom. The van der Waals surface area contributed by atoms with Gasteiger partial charge in [-0.15, -0.1) is 0 Å². The summed E-state index contributed by atoms with van der Waals surface area (Å²) in [6.07, 6.45) is 0. The van der Waals surface area contributed by atoms with Crippen molar-refractivity contribution in [2.45, 2.75) is 0 Å². The van der Waals surface area contributed by atoms with E-state index in [0.717, 1.165) is 32.8 Å². The highest BCUT2D eigenvalue weighted by atomic mass is 14.7. The molecule has 15 rings (SSSR count). The van der Waals surface area contributed by atoms with Gasteiger partial charge in [0.05, 0.1) is 22.1 Å². The summed E-state index contributed by atoms with van der Waals surface area (Å²) in [6.45, 7) is 0. The highest BCUT2D eigenvalue weighted by Crippen LogP contribution is 2.23. The van der Waals surface area contributed by atoms with Crippen molar-refractivity contribution in [1.82, 2.24) is 9.97 Å². The lowest BCUT2D eigenvalue weighted by atomic mass is 10.1. The molecule has 5 aromatic carbocycles. The van der Waals surface area contributed by atoms with Gasteiger partial charge < -0.3 is 0 Å². The summed E-state index contributed by atoms with van der Waals surface area (Å²) >= 11 is 0. The second-order valence-electron chi connectivity index (χ2n) is 10.7. The molecule has 0 unspecified atom stereocenters. The van der Waals surface area contributed by atoms with Crippen LogP contribution in [-0.4, -0.2) is 9.97 Å². The molecule has 0 aliphatic rings. The molecule has 14 bridgehead atoms. The molecule has 15 aromatic rings. The van der Waals surface area contributed by atoms with Crippen LogP contribution >= 0.6 is 0 Å². The van der Waals surface area contributed by atoms with Gasteiger partial charge in [-0.3, -0.25) is 0 Å². The van der Waals surface area contributed by atoms with E-state index in [9.17, 15) is 0 Å². The Morgan fingerprint density at radius 2 is 0.381 bits per heavy atom. The molecule has 2 nitrogen and oxygen atoms in total. The molecule has 0 aliphatic carbocycles. The Morgan fingerprint density at radius 1 is 0.190 bits per heavy atom. The molecule has 2 heteroatoms. The summed E-state index contributed by atoms with van der Waals surface area (Å²) in [5, 5.41) is 11.8. The number of fused-ring (bicyclic) bond motifs is 1. The smallest absolute Gasteiger partial charge is 0.0893 e. The zero-order valence-corrected chi connectivity index (χ0v) is 22.9. The van der Waals surface area contributed by atoms with Gasteiger partial charge in [0.25, 0.3) is 0 Å². The molecular weight excluding hydrogens is 508 g/mol. The van der Waals surface area contributed by atoms with E-state index in [1.54, 1.807) is 0 Å². The van der Waals surface area contributed by atoms with Gasteiger partial charge in [0.2, 0.25) is 0 Å². The molecule has 10 aromatic heterocycles. The highest BCUT2D eigenvalue weighted by molar-refractivity contribution is 5.94. The van der Waals surface area contributed by atoms with Crippen molar-refractivity contribution in [2.75, 3.05) is 0 Å². The first-order valence-electron chi connectivity index (χ1n) is 14.2. The fourth-order valence-corrected chi connectivity index (χ4v) is 5.71. The first kappa shape index (κ1) is 24.2. The maximum atomic E-state index is 4.99. The van der Waals surface area contributed by atoms with E-state index in [1.165, 1.54) is 43.1 Å². The fourth-order valence-electron chi connectivity index (χ4n) is 5.71. The van der Waals surface area contributed by atoms with Gasteiger partial charge in [-0.1, -0.05) is 133 Å². The third-order valence-electron chi connectivity index (χ3n) is 8.11. The maximum Gasteiger partial charge on any atom is 0.0893 e. The predicted octanol–water partition coefficient (Wildman–Crippen LogP) is 10.8. The molecule has 0 fully saturated rings. The number of rotatable bonds is 0. The van der Waals surface area contributed by atoms with Gasteiger partial charge in [-0.2, -0.15) is 0 Å². The molecule has 0 saturated heterocycles. The Labute approximate surface area is 243 Å². The number of aromatic nitrogens is 2. The summed E-state index contributed by atoms with van der Waals surface area (Å²) in [5.41, 5.74) is 3.59. The van der Waals surface area contributed by atoms with E-state index in [2.05, 4.69) is 146 Å². The average molecular weight is 535 g/mol. The Bertz CT molecular complexity index is 2200. The minimum atomic E-state index is 0.861. The van der Waals surface area contributed by atoms with E-state index in [1.807, 2.05) is 12.1 Å². The van der Waals surface area contributed by atoms with Crippen LogP contribution in [0.1, 0.15) is 0 Å². The van der Waals surface area contributed by atoms with Crippen LogP contribution in [0.2, 0.25) is 0 Å². The van der Waals surface area contributed by atoms with Gasteiger partial charge in [-0.05, 0) is 67.4 Å². The van der Waals surface area contributed by atoms with Crippen molar-refractivity contribution >= 4 is 75.9 Å². The lowest BCUT2D eigenvalue weighted by molar-refractivity contribution is 1.44. The van der Waals surface area contributed by atoms with Crippen LogP contribution in [0.25, 0.3) is 75.9 Å². The SMILES string of the molecule is c1cc2nc(c1)c1cccc(n1)c1ccc(cc1)c1ccc(cc1)c1ccc(cc1)c1ccc(cc1)c1ccc2cc1. The molecule has 10 heterocycles. The van der Waals surface area contributed by atoms with Crippen molar-refractivity contribution in [3.63, 3.8) is 0 Å². The normalized spacial score (nSPS) is 11.3. The quantitative estimate of drug-likeness (QED) is 0.193. The lowest BCUT2D eigenvalue weighted by Crippen LogP contribution is -1.82. The standard InChI is InChI=1S/C40H26N2/c1-3-37-35-23-19-33(20-24-35)31-15-11-29(12-16-31)27-7-9-28(10-8-27)30-13-17-32(18-14-30)34-21-25-36(26-22-34)38-4-2-6-40(42-38)39(5-1)41-37/h1-26H. The number of nitrogens with zero attached hydrogens (tertiary/aromatic N) is 2. The minimum absolute atomic E-state index is 0.861. The van der Waals surface area contributed by atoms with E-state index in [-0.39, 0.29) is 0 Å². The topological polar surface area (TPSA) is 25.8 Å². The summed E-state index contributed by atoms with van der Waals surface area (Å²) in [5.74, 6) is 0. The maximum absolute atomic E-state index is 4.99. The molecule has 0 radical (unpaired) electrons. The van der Waals surface area contributed by atoms with Crippen LogP contribution in [0.3, 0.4) is 0 Å². The molecule has 196 valence electrons. The molecule has 42 heavy (non-hydrogen) atoms. The molecule has 0 amide bonds. The number of hydrogen-bond acceptors (Lipinski definition) is 2. The largest absolute Gasteiger partial charge is 0.246 e. The van der Waals surface area contributed by atoms with Gasteiger partial charge >= 0.3 is 0 Å². The Kier molecular flexibility index (Phi) is 5.82. The van der Waals surface area contributed by atoms with Gasteiger partial charge in [0, 0.05) is 10.8 Å². The van der Waals surface area contributed by atoms with E-state index in [0.29, 0.717) is 0 Å². The van der Waals surface area contributed by atoms with Crippen LogP contribution < -0.4 is 0 Å². The third-order valence-corrected chi connectivity index (χ3v) is 8.11. The fraction of sp³-hybridized carbons (Fsp3) is 0. The second-order valence-corrected chi connectivity index (χ2v) is 10.7. The van der Waals surface area contributed by atoms with Crippen molar-refractivity contribution in [1.29, 1.82) is 0 Å². The van der Waals surface area contributed by atoms with Gasteiger partial charge in [-0.25, -0.2) is 9.97 Å². The molecule has 0 saturated carbocycles. The highest BCUT2D eigenvalue weighted by Gasteiger charge is 1.99. The van der Waals surface area contributed by atoms with E-state index < -0.39 is 0 Å². The van der Waals surface area contributed by atoms with Crippen LogP contribution in [0.5, 0.6) is 0 Å². The average Bonchev–Trinajstić information content (AvgIpc) is 3.08. The van der Waals surface area contributed by atoms with E-state index >= 15 is 0 Å².